The first-order valence-electron chi connectivity index (χ1n) is 6.57. The van der Waals surface area contributed by atoms with Gasteiger partial charge in [0, 0.05) is 17.4 Å². The van der Waals surface area contributed by atoms with E-state index in [9.17, 15) is 20.3 Å². The molecule has 2 fully saturated rings. The molecule has 2 unspecified atom stereocenters. The highest BCUT2D eigenvalue weighted by Crippen LogP contribution is 2.44. The lowest BCUT2D eigenvalue weighted by molar-refractivity contribution is -0.541. The van der Waals surface area contributed by atoms with E-state index in [0.29, 0.717) is 12.3 Å². The van der Waals surface area contributed by atoms with Gasteiger partial charge in [-0.25, -0.2) is 0 Å². The minimum atomic E-state index is -0.880. The molecule has 5 nitrogen and oxygen atoms in total. The van der Waals surface area contributed by atoms with Crippen molar-refractivity contribution in [3.8, 4) is 0 Å². The molecular formula is C12H21NO4. The quantitative estimate of drug-likeness (QED) is 0.576. The molecule has 5 heteroatoms. The molecule has 0 spiro atoms. The van der Waals surface area contributed by atoms with Crippen molar-refractivity contribution in [2.45, 2.75) is 50.7 Å². The summed E-state index contributed by atoms with van der Waals surface area (Å²) >= 11 is 0. The number of rotatable bonds is 3. The van der Waals surface area contributed by atoms with Crippen LogP contribution >= 0.6 is 0 Å². The van der Waals surface area contributed by atoms with Gasteiger partial charge in [-0.3, -0.25) is 10.1 Å². The Balaban J connectivity index is 2.15. The lowest BCUT2D eigenvalue weighted by Gasteiger charge is -2.31. The summed E-state index contributed by atoms with van der Waals surface area (Å²) < 4.78 is 0. The first kappa shape index (κ1) is 12.8. The van der Waals surface area contributed by atoms with Crippen LogP contribution in [0.25, 0.3) is 0 Å². The summed E-state index contributed by atoms with van der Waals surface area (Å²) in [5.41, 5.74) is 0. The number of nitro groups is 1. The highest BCUT2D eigenvalue weighted by atomic mass is 16.6. The molecule has 0 aromatic heterocycles. The van der Waals surface area contributed by atoms with Crippen molar-refractivity contribution in [3.05, 3.63) is 10.1 Å². The van der Waals surface area contributed by atoms with E-state index in [0.717, 1.165) is 25.7 Å². The Hall–Kier alpha value is -0.680. The highest BCUT2D eigenvalue weighted by Gasteiger charge is 2.52. The van der Waals surface area contributed by atoms with E-state index in [-0.39, 0.29) is 23.4 Å². The molecule has 17 heavy (non-hydrogen) atoms. The average molecular weight is 243 g/mol. The summed E-state index contributed by atoms with van der Waals surface area (Å²) in [6.07, 6.45) is 4.98. The van der Waals surface area contributed by atoms with Crippen LogP contribution in [0, 0.1) is 27.9 Å². The molecule has 2 N–H and O–H groups in total. The van der Waals surface area contributed by atoms with Crippen LogP contribution in [-0.2, 0) is 0 Å². The number of nitrogens with zero attached hydrogens (tertiary/aromatic N) is 1. The van der Waals surface area contributed by atoms with E-state index < -0.39 is 12.1 Å². The van der Waals surface area contributed by atoms with Crippen LogP contribution in [0.1, 0.15) is 38.5 Å². The fraction of sp³-hybridized carbons (Fsp3) is 1.00. The van der Waals surface area contributed by atoms with Crippen molar-refractivity contribution in [1.82, 2.24) is 0 Å². The molecule has 0 aromatic carbocycles. The van der Waals surface area contributed by atoms with Gasteiger partial charge in [0.25, 0.3) is 0 Å². The van der Waals surface area contributed by atoms with E-state index in [2.05, 4.69) is 0 Å². The Morgan fingerprint density at radius 2 is 1.88 bits per heavy atom. The number of aliphatic hydroxyl groups excluding tert-OH is 2. The van der Waals surface area contributed by atoms with Crippen LogP contribution in [0.3, 0.4) is 0 Å². The summed E-state index contributed by atoms with van der Waals surface area (Å²) in [7, 11) is 0. The topological polar surface area (TPSA) is 83.6 Å². The lowest BCUT2D eigenvalue weighted by atomic mass is 9.74. The van der Waals surface area contributed by atoms with Crippen molar-refractivity contribution in [2.24, 2.45) is 17.8 Å². The largest absolute Gasteiger partial charge is 0.396 e. The van der Waals surface area contributed by atoms with E-state index in [1.54, 1.807) is 0 Å². The van der Waals surface area contributed by atoms with Gasteiger partial charge < -0.3 is 10.2 Å². The number of hydrogen-bond donors (Lipinski definition) is 2. The second-order valence-corrected chi connectivity index (χ2v) is 5.50. The molecule has 2 aliphatic rings. The molecule has 0 aromatic rings. The Morgan fingerprint density at radius 1 is 1.24 bits per heavy atom. The van der Waals surface area contributed by atoms with E-state index in [1.807, 2.05) is 0 Å². The van der Waals surface area contributed by atoms with Crippen LogP contribution in [0.2, 0.25) is 0 Å². The molecule has 0 saturated heterocycles. The average Bonchev–Trinajstić information content (AvgIpc) is 2.67. The molecular weight excluding hydrogens is 222 g/mol. The van der Waals surface area contributed by atoms with Gasteiger partial charge >= 0.3 is 0 Å². The van der Waals surface area contributed by atoms with E-state index >= 15 is 0 Å². The number of aliphatic hydroxyl groups is 2. The van der Waals surface area contributed by atoms with Crippen molar-refractivity contribution < 1.29 is 15.1 Å². The fourth-order valence-corrected chi connectivity index (χ4v) is 3.80. The van der Waals surface area contributed by atoms with Gasteiger partial charge in [-0.1, -0.05) is 19.3 Å². The monoisotopic (exact) mass is 243 g/mol. The molecule has 0 heterocycles. The van der Waals surface area contributed by atoms with Crippen molar-refractivity contribution >= 4 is 0 Å². The van der Waals surface area contributed by atoms with Crippen molar-refractivity contribution in [1.29, 1.82) is 0 Å². The SMILES string of the molecule is O=[N+]([O-])C1C(O)C[C@@H](CO)[C@H]1C1CCCCC1. The maximum atomic E-state index is 11.1. The van der Waals surface area contributed by atoms with Crippen LogP contribution in [-0.4, -0.2) is 33.9 Å². The van der Waals surface area contributed by atoms with Crippen LogP contribution < -0.4 is 0 Å². The zero-order chi connectivity index (χ0) is 12.4. The Morgan fingerprint density at radius 3 is 2.41 bits per heavy atom. The fourth-order valence-electron chi connectivity index (χ4n) is 3.80. The third-order valence-electron chi connectivity index (χ3n) is 4.55. The van der Waals surface area contributed by atoms with Gasteiger partial charge in [-0.15, -0.1) is 0 Å². The van der Waals surface area contributed by atoms with Gasteiger partial charge in [0.1, 0.15) is 6.10 Å². The molecule has 0 bridgehead atoms. The molecule has 2 saturated carbocycles. The van der Waals surface area contributed by atoms with E-state index in [4.69, 9.17) is 0 Å². The summed E-state index contributed by atoms with van der Waals surface area (Å²) in [6.45, 7) is -0.0391. The zero-order valence-electron chi connectivity index (χ0n) is 9.99. The van der Waals surface area contributed by atoms with Crippen LogP contribution in [0.15, 0.2) is 0 Å². The lowest BCUT2D eigenvalue weighted by Crippen LogP contribution is -2.39. The third kappa shape index (κ3) is 2.45. The summed E-state index contributed by atoms with van der Waals surface area (Å²) in [5, 5.41) is 30.3. The predicted octanol–water partition coefficient (Wildman–Crippen LogP) is 1.20. The van der Waals surface area contributed by atoms with Gasteiger partial charge in [0.15, 0.2) is 0 Å². The van der Waals surface area contributed by atoms with Crippen LogP contribution in [0.4, 0.5) is 0 Å². The Kier molecular flexibility index (Phi) is 3.99. The molecule has 0 aliphatic heterocycles. The second kappa shape index (κ2) is 5.31. The van der Waals surface area contributed by atoms with Crippen LogP contribution in [0.5, 0.6) is 0 Å². The van der Waals surface area contributed by atoms with Gasteiger partial charge in [0.2, 0.25) is 6.04 Å². The highest BCUT2D eigenvalue weighted by molar-refractivity contribution is 4.95. The molecule has 2 aliphatic carbocycles. The third-order valence-corrected chi connectivity index (χ3v) is 4.55. The maximum absolute atomic E-state index is 11.1. The first-order chi connectivity index (χ1) is 8.15. The molecule has 0 amide bonds. The van der Waals surface area contributed by atoms with Gasteiger partial charge in [-0.05, 0) is 31.1 Å². The standard InChI is InChI=1S/C12H21NO4/c14-7-9-6-10(15)12(13(16)17)11(9)8-4-2-1-3-5-8/h8-12,14-15H,1-7H2/t9-,10?,11+,12?/m0/s1. The number of hydrogen-bond acceptors (Lipinski definition) is 4. The molecule has 0 radical (unpaired) electrons. The van der Waals surface area contributed by atoms with Gasteiger partial charge in [0.05, 0.1) is 0 Å². The van der Waals surface area contributed by atoms with E-state index in [1.165, 1.54) is 6.42 Å². The summed E-state index contributed by atoms with van der Waals surface area (Å²) in [4.78, 5) is 10.8. The Labute approximate surface area is 101 Å². The Bertz CT molecular complexity index is 278. The summed E-state index contributed by atoms with van der Waals surface area (Å²) in [5.74, 6) is 0.0854. The minimum Gasteiger partial charge on any atom is -0.396 e. The van der Waals surface area contributed by atoms with Crippen molar-refractivity contribution in [2.75, 3.05) is 6.61 Å². The summed E-state index contributed by atoms with van der Waals surface area (Å²) in [6, 6.07) is -0.866. The normalized spacial score (nSPS) is 39.4. The molecule has 2 rings (SSSR count). The smallest absolute Gasteiger partial charge is 0.241 e. The van der Waals surface area contributed by atoms with Crippen molar-refractivity contribution in [3.63, 3.8) is 0 Å². The van der Waals surface area contributed by atoms with Gasteiger partial charge in [-0.2, -0.15) is 0 Å². The first-order valence-corrected chi connectivity index (χ1v) is 6.57. The minimum absolute atomic E-state index is 0.0391. The zero-order valence-corrected chi connectivity index (χ0v) is 9.99. The second-order valence-electron chi connectivity index (χ2n) is 5.50. The molecule has 98 valence electrons. The molecule has 4 atom stereocenters. The predicted molar refractivity (Wildman–Crippen MR) is 62.0 cm³/mol. The maximum Gasteiger partial charge on any atom is 0.241 e.